The molecule has 1 aromatic carbocycles. The van der Waals surface area contributed by atoms with Crippen molar-refractivity contribution in [2.45, 2.75) is 19.3 Å². The van der Waals surface area contributed by atoms with E-state index in [0.29, 0.717) is 5.92 Å². The lowest BCUT2D eigenvalue weighted by atomic mass is 9.89. The SMILES string of the molecule is CC1CC=Cc2ccc(F)cc21. The van der Waals surface area contributed by atoms with Gasteiger partial charge in [0, 0.05) is 0 Å². The van der Waals surface area contributed by atoms with Crippen molar-refractivity contribution >= 4 is 6.08 Å². The first kappa shape index (κ1) is 7.53. The van der Waals surface area contributed by atoms with E-state index in [0.717, 1.165) is 17.5 Å². The summed E-state index contributed by atoms with van der Waals surface area (Å²) in [6, 6.07) is 5.00. The highest BCUT2D eigenvalue weighted by molar-refractivity contribution is 5.57. The van der Waals surface area contributed by atoms with Gasteiger partial charge < -0.3 is 0 Å². The van der Waals surface area contributed by atoms with E-state index in [9.17, 15) is 4.39 Å². The Morgan fingerprint density at radius 1 is 1.42 bits per heavy atom. The molecule has 1 aliphatic carbocycles. The molecule has 0 saturated carbocycles. The Bertz CT molecular complexity index is 326. The highest BCUT2D eigenvalue weighted by Crippen LogP contribution is 2.29. The summed E-state index contributed by atoms with van der Waals surface area (Å²) < 4.78 is 12.8. The van der Waals surface area contributed by atoms with Crippen LogP contribution in [0.25, 0.3) is 6.08 Å². The van der Waals surface area contributed by atoms with Crippen LogP contribution in [0, 0.1) is 5.82 Å². The molecule has 0 fully saturated rings. The van der Waals surface area contributed by atoms with Gasteiger partial charge in [-0.2, -0.15) is 0 Å². The molecule has 0 aliphatic heterocycles. The lowest BCUT2D eigenvalue weighted by molar-refractivity contribution is 0.620. The summed E-state index contributed by atoms with van der Waals surface area (Å²) in [5.74, 6) is 0.330. The molecular formula is C11H11F. The molecule has 1 aliphatic rings. The maximum atomic E-state index is 12.8. The summed E-state index contributed by atoms with van der Waals surface area (Å²) in [7, 11) is 0. The first-order chi connectivity index (χ1) is 5.77. The van der Waals surface area contributed by atoms with Gasteiger partial charge in [0.05, 0.1) is 0 Å². The van der Waals surface area contributed by atoms with E-state index in [1.165, 1.54) is 6.07 Å². The van der Waals surface area contributed by atoms with Crippen LogP contribution in [-0.4, -0.2) is 0 Å². The highest BCUT2D eigenvalue weighted by Gasteiger charge is 2.12. The Morgan fingerprint density at radius 3 is 3.08 bits per heavy atom. The van der Waals surface area contributed by atoms with Crippen molar-refractivity contribution in [2.24, 2.45) is 0 Å². The molecule has 0 nitrogen and oxygen atoms in total. The maximum Gasteiger partial charge on any atom is 0.123 e. The molecule has 0 aromatic heterocycles. The summed E-state index contributed by atoms with van der Waals surface area (Å²) in [5.41, 5.74) is 2.30. The van der Waals surface area contributed by atoms with E-state index in [1.54, 1.807) is 6.07 Å². The third-order valence-corrected chi connectivity index (χ3v) is 2.37. The number of rotatable bonds is 0. The van der Waals surface area contributed by atoms with Crippen molar-refractivity contribution in [1.82, 2.24) is 0 Å². The fourth-order valence-corrected chi connectivity index (χ4v) is 1.65. The zero-order valence-corrected chi connectivity index (χ0v) is 7.05. The Kier molecular flexibility index (Phi) is 1.72. The molecule has 1 aromatic rings. The Hall–Kier alpha value is -1.11. The number of hydrogen-bond acceptors (Lipinski definition) is 0. The third-order valence-electron chi connectivity index (χ3n) is 2.37. The van der Waals surface area contributed by atoms with Gasteiger partial charge in [-0.3, -0.25) is 0 Å². The van der Waals surface area contributed by atoms with Gasteiger partial charge in [-0.25, -0.2) is 4.39 Å². The van der Waals surface area contributed by atoms with E-state index in [4.69, 9.17) is 0 Å². The molecule has 0 amide bonds. The lowest BCUT2D eigenvalue weighted by Crippen LogP contribution is -1.99. The molecule has 2 rings (SSSR count). The topological polar surface area (TPSA) is 0 Å². The van der Waals surface area contributed by atoms with Crippen LogP contribution in [0.1, 0.15) is 30.4 Å². The zero-order chi connectivity index (χ0) is 8.55. The quantitative estimate of drug-likeness (QED) is 0.548. The van der Waals surface area contributed by atoms with Crippen molar-refractivity contribution in [3.8, 4) is 0 Å². The van der Waals surface area contributed by atoms with Gasteiger partial charge in [0.15, 0.2) is 0 Å². The number of halogens is 1. The van der Waals surface area contributed by atoms with Crippen LogP contribution < -0.4 is 0 Å². The van der Waals surface area contributed by atoms with Crippen LogP contribution in [0.5, 0.6) is 0 Å². The van der Waals surface area contributed by atoms with Gasteiger partial charge >= 0.3 is 0 Å². The third kappa shape index (κ3) is 1.15. The van der Waals surface area contributed by atoms with Crippen LogP contribution in [-0.2, 0) is 0 Å². The smallest absolute Gasteiger partial charge is 0.123 e. The molecule has 0 spiro atoms. The predicted molar refractivity (Wildman–Crippen MR) is 48.5 cm³/mol. The molecule has 0 N–H and O–H groups in total. The average molecular weight is 162 g/mol. The van der Waals surface area contributed by atoms with Crippen molar-refractivity contribution in [3.05, 3.63) is 41.2 Å². The normalized spacial score (nSPS) is 20.7. The summed E-state index contributed by atoms with van der Waals surface area (Å²) in [5, 5.41) is 0. The minimum atomic E-state index is -0.129. The van der Waals surface area contributed by atoms with Crippen LogP contribution >= 0.6 is 0 Å². The largest absolute Gasteiger partial charge is 0.207 e. The highest BCUT2D eigenvalue weighted by atomic mass is 19.1. The second-order valence-corrected chi connectivity index (χ2v) is 3.31. The van der Waals surface area contributed by atoms with Gasteiger partial charge in [-0.1, -0.05) is 25.1 Å². The molecule has 0 heterocycles. The fraction of sp³-hybridized carbons (Fsp3) is 0.273. The monoisotopic (exact) mass is 162 g/mol. The minimum absolute atomic E-state index is 0.129. The number of allylic oxidation sites excluding steroid dienone is 1. The van der Waals surface area contributed by atoms with E-state index < -0.39 is 0 Å². The van der Waals surface area contributed by atoms with Gasteiger partial charge in [-0.05, 0) is 35.6 Å². The predicted octanol–water partition coefficient (Wildman–Crippen LogP) is 3.35. The lowest BCUT2D eigenvalue weighted by Gasteiger charge is -2.17. The molecule has 62 valence electrons. The molecule has 1 unspecified atom stereocenters. The van der Waals surface area contributed by atoms with E-state index in [-0.39, 0.29) is 5.82 Å². The number of benzene rings is 1. The standard InChI is InChI=1S/C11H11F/c1-8-3-2-4-9-5-6-10(12)7-11(8)9/h2,4-8H,3H2,1H3. The first-order valence-corrected chi connectivity index (χ1v) is 4.23. The summed E-state index contributed by atoms with van der Waals surface area (Å²) in [4.78, 5) is 0. The summed E-state index contributed by atoms with van der Waals surface area (Å²) >= 11 is 0. The van der Waals surface area contributed by atoms with Crippen molar-refractivity contribution in [3.63, 3.8) is 0 Å². The first-order valence-electron chi connectivity index (χ1n) is 4.23. The Labute approximate surface area is 71.7 Å². The van der Waals surface area contributed by atoms with Gasteiger partial charge in [-0.15, -0.1) is 0 Å². The second-order valence-electron chi connectivity index (χ2n) is 3.31. The van der Waals surface area contributed by atoms with Crippen LogP contribution in [0.15, 0.2) is 24.3 Å². The minimum Gasteiger partial charge on any atom is -0.207 e. The van der Waals surface area contributed by atoms with Crippen LogP contribution in [0.2, 0.25) is 0 Å². The van der Waals surface area contributed by atoms with E-state index in [1.807, 2.05) is 6.07 Å². The van der Waals surface area contributed by atoms with Crippen molar-refractivity contribution in [1.29, 1.82) is 0 Å². The summed E-state index contributed by atoms with van der Waals surface area (Å²) in [6.45, 7) is 2.13. The fourth-order valence-electron chi connectivity index (χ4n) is 1.65. The van der Waals surface area contributed by atoms with Crippen LogP contribution in [0.4, 0.5) is 4.39 Å². The Balaban J connectivity index is 2.56. The number of fused-ring (bicyclic) bond motifs is 1. The van der Waals surface area contributed by atoms with Crippen LogP contribution in [0.3, 0.4) is 0 Å². The maximum absolute atomic E-state index is 12.8. The molecular weight excluding hydrogens is 151 g/mol. The van der Waals surface area contributed by atoms with E-state index in [2.05, 4.69) is 19.1 Å². The summed E-state index contributed by atoms with van der Waals surface area (Å²) in [6.07, 6.45) is 5.23. The molecule has 12 heavy (non-hydrogen) atoms. The molecule has 0 saturated heterocycles. The van der Waals surface area contributed by atoms with Gasteiger partial charge in [0.2, 0.25) is 0 Å². The Morgan fingerprint density at radius 2 is 2.25 bits per heavy atom. The van der Waals surface area contributed by atoms with E-state index >= 15 is 0 Å². The van der Waals surface area contributed by atoms with Crippen molar-refractivity contribution < 1.29 is 4.39 Å². The number of hydrogen-bond donors (Lipinski definition) is 0. The second kappa shape index (κ2) is 2.74. The molecule has 1 atom stereocenters. The van der Waals surface area contributed by atoms with Crippen molar-refractivity contribution in [2.75, 3.05) is 0 Å². The van der Waals surface area contributed by atoms with Gasteiger partial charge in [0.25, 0.3) is 0 Å². The molecule has 0 bridgehead atoms. The molecule has 1 heteroatoms. The average Bonchev–Trinajstić information content (AvgIpc) is 2.07. The molecule has 0 radical (unpaired) electrons. The van der Waals surface area contributed by atoms with Gasteiger partial charge in [0.1, 0.15) is 5.82 Å². The zero-order valence-electron chi connectivity index (χ0n) is 7.05.